The van der Waals surface area contributed by atoms with Crippen molar-refractivity contribution >= 4 is 0 Å². The maximum atomic E-state index is 13.9. The van der Waals surface area contributed by atoms with Gasteiger partial charge in [0.25, 0.3) is 0 Å². The normalized spacial score (nSPS) is 31.5. The molecule has 0 aromatic rings. The highest BCUT2D eigenvalue weighted by Crippen LogP contribution is 2.70. The first-order valence-corrected chi connectivity index (χ1v) is 5.68. The smallest absolute Gasteiger partial charge is 0.384 e. The number of hydrogen-bond acceptors (Lipinski definition) is 1. The molecule has 1 N–H and O–H groups in total. The van der Waals surface area contributed by atoms with Gasteiger partial charge in [0.05, 0.1) is 6.10 Å². The molecule has 0 aromatic heterocycles. The highest BCUT2D eigenvalue weighted by atomic mass is 19.4. The van der Waals surface area contributed by atoms with Gasteiger partial charge in [-0.3, -0.25) is 0 Å². The first kappa shape index (κ1) is 19.2. The van der Waals surface area contributed by atoms with Crippen molar-refractivity contribution < 1.29 is 53.4 Å². The predicted octanol–water partition coefficient (Wildman–Crippen LogP) is 4.05. The van der Waals surface area contributed by atoms with E-state index in [9.17, 15) is 48.3 Å². The van der Waals surface area contributed by atoms with Crippen LogP contribution in [0, 0.1) is 0 Å². The molecule has 0 saturated heterocycles. The van der Waals surface area contributed by atoms with Gasteiger partial charge in [-0.15, -0.1) is 0 Å². The molecule has 0 amide bonds. The second-order valence-corrected chi connectivity index (χ2v) is 5.06. The van der Waals surface area contributed by atoms with Crippen molar-refractivity contribution in [3.63, 3.8) is 0 Å². The molecule has 12 heteroatoms. The van der Waals surface area contributed by atoms with E-state index in [0.29, 0.717) is 0 Å². The first-order valence-electron chi connectivity index (χ1n) is 5.68. The molecule has 0 heterocycles. The molecule has 0 radical (unpaired) electrons. The Morgan fingerprint density at radius 3 is 1.18 bits per heavy atom. The van der Waals surface area contributed by atoms with Crippen molar-refractivity contribution in [3.8, 4) is 0 Å². The Bertz CT molecular complexity index is 412. The van der Waals surface area contributed by atoms with Crippen LogP contribution in [0.15, 0.2) is 0 Å². The van der Waals surface area contributed by atoms with Gasteiger partial charge >= 0.3 is 29.6 Å². The lowest BCUT2D eigenvalue weighted by Gasteiger charge is -2.52. The number of halogens is 11. The summed E-state index contributed by atoms with van der Waals surface area (Å²) >= 11 is 0. The molecular formula is C10H9F11O. The standard InChI is InChI=1S/C10H9F11O/c1-4(22)2-3-5(11)6(12,13)8(16,17)10(20,21)9(18,19)7(5,14)15/h4,22H,2-3H2,1H3. The zero-order valence-electron chi connectivity index (χ0n) is 10.6. The average molecular weight is 354 g/mol. The molecular weight excluding hydrogens is 345 g/mol. The zero-order valence-corrected chi connectivity index (χ0v) is 10.6. The van der Waals surface area contributed by atoms with E-state index in [1.165, 1.54) is 0 Å². The van der Waals surface area contributed by atoms with Crippen LogP contribution in [-0.4, -0.2) is 46.5 Å². The van der Waals surface area contributed by atoms with Crippen molar-refractivity contribution in [2.75, 3.05) is 0 Å². The minimum atomic E-state index is -7.19. The van der Waals surface area contributed by atoms with E-state index >= 15 is 0 Å². The van der Waals surface area contributed by atoms with E-state index < -0.39 is 54.2 Å². The van der Waals surface area contributed by atoms with Crippen LogP contribution in [0.3, 0.4) is 0 Å². The Morgan fingerprint density at radius 2 is 0.909 bits per heavy atom. The summed E-state index contributed by atoms with van der Waals surface area (Å²) in [6.45, 7) is 0.743. The maximum Gasteiger partial charge on any atom is 0.384 e. The van der Waals surface area contributed by atoms with Gasteiger partial charge in [-0.1, -0.05) is 0 Å². The largest absolute Gasteiger partial charge is 0.393 e. The van der Waals surface area contributed by atoms with Crippen molar-refractivity contribution in [1.82, 2.24) is 0 Å². The molecule has 1 nitrogen and oxygen atoms in total. The molecule has 0 aliphatic heterocycles. The quantitative estimate of drug-likeness (QED) is 0.759. The Morgan fingerprint density at radius 1 is 0.636 bits per heavy atom. The summed E-state index contributed by atoms with van der Waals surface area (Å²) in [5, 5.41) is 8.72. The van der Waals surface area contributed by atoms with Gasteiger partial charge in [-0.2, -0.15) is 43.9 Å². The molecule has 1 rings (SSSR count). The van der Waals surface area contributed by atoms with Gasteiger partial charge in [0.15, 0.2) is 0 Å². The molecule has 0 spiro atoms. The number of alkyl halides is 11. The number of aliphatic hydroxyl groups excluding tert-OH is 1. The third-order valence-corrected chi connectivity index (χ3v) is 3.48. The third-order valence-electron chi connectivity index (χ3n) is 3.48. The van der Waals surface area contributed by atoms with E-state index in [1.54, 1.807) is 0 Å². The highest BCUT2D eigenvalue weighted by Gasteiger charge is 3.00. The summed E-state index contributed by atoms with van der Waals surface area (Å²) in [7, 11) is 0. The minimum absolute atomic E-state index is 0.743. The Labute approximate surface area is 116 Å². The molecule has 22 heavy (non-hydrogen) atoms. The van der Waals surface area contributed by atoms with E-state index in [1.807, 2.05) is 0 Å². The summed E-state index contributed by atoms with van der Waals surface area (Å²) in [4.78, 5) is 0. The Kier molecular flexibility index (Phi) is 4.03. The van der Waals surface area contributed by atoms with E-state index in [4.69, 9.17) is 5.11 Å². The first-order chi connectivity index (χ1) is 9.42. The average Bonchev–Trinajstić information content (AvgIpc) is 2.33. The fourth-order valence-corrected chi connectivity index (χ4v) is 2.01. The number of hydrogen-bond donors (Lipinski definition) is 1. The molecule has 132 valence electrons. The van der Waals surface area contributed by atoms with Crippen LogP contribution >= 0.6 is 0 Å². The highest BCUT2D eigenvalue weighted by molar-refractivity contribution is 5.26. The summed E-state index contributed by atoms with van der Waals surface area (Å²) in [5.74, 6) is -34.9. The van der Waals surface area contributed by atoms with E-state index in [-0.39, 0.29) is 0 Å². The Balaban J connectivity index is 3.62. The monoisotopic (exact) mass is 354 g/mol. The second-order valence-electron chi connectivity index (χ2n) is 5.06. The molecule has 1 saturated carbocycles. The lowest BCUT2D eigenvalue weighted by molar-refractivity contribution is -0.485. The second kappa shape index (κ2) is 4.60. The number of rotatable bonds is 3. The summed E-state index contributed by atoms with van der Waals surface area (Å²) in [6.07, 6.45) is -5.55. The summed E-state index contributed by atoms with van der Waals surface area (Å²) in [6, 6.07) is 0. The lowest BCUT2D eigenvalue weighted by atomic mass is 9.70. The van der Waals surface area contributed by atoms with Gasteiger partial charge in [0.2, 0.25) is 5.67 Å². The predicted molar refractivity (Wildman–Crippen MR) is 49.5 cm³/mol. The Hall–Kier alpha value is -0.810. The van der Waals surface area contributed by atoms with Gasteiger partial charge in [-0.25, -0.2) is 4.39 Å². The van der Waals surface area contributed by atoms with Crippen LogP contribution in [-0.2, 0) is 0 Å². The fraction of sp³-hybridized carbons (Fsp3) is 1.00. The van der Waals surface area contributed by atoms with Gasteiger partial charge in [0.1, 0.15) is 0 Å². The molecule has 1 aliphatic rings. The zero-order chi connectivity index (χ0) is 18.0. The maximum absolute atomic E-state index is 13.9. The fourth-order valence-electron chi connectivity index (χ4n) is 2.01. The summed E-state index contributed by atoms with van der Waals surface area (Å²) < 4.78 is 145. The number of aliphatic hydroxyl groups is 1. The molecule has 0 bridgehead atoms. The van der Waals surface area contributed by atoms with Crippen LogP contribution in [0.1, 0.15) is 19.8 Å². The molecule has 0 aromatic carbocycles. The molecule has 1 aliphatic carbocycles. The van der Waals surface area contributed by atoms with Gasteiger partial charge in [0, 0.05) is 0 Å². The van der Waals surface area contributed by atoms with Crippen LogP contribution in [0.2, 0.25) is 0 Å². The van der Waals surface area contributed by atoms with Crippen molar-refractivity contribution in [2.24, 2.45) is 0 Å². The topological polar surface area (TPSA) is 20.2 Å². The van der Waals surface area contributed by atoms with Crippen LogP contribution in [0.5, 0.6) is 0 Å². The van der Waals surface area contributed by atoms with E-state index in [0.717, 1.165) is 6.92 Å². The SMILES string of the molecule is CC(O)CCC1(F)C(F)(F)C(F)(F)C(F)(F)C(F)(F)C1(F)F. The van der Waals surface area contributed by atoms with Crippen molar-refractivity contribution in [1.29, 1.82) is 0 Å². The minimum Gasteiger partial charge on any atom is -0.393 e. The lowest BCUT2D eigenvalue weighted by Crippen LogP contribution is -2.83. The van der Waals surface area contributed by atoms with Crippen LogP contribution in [0.25, 0.3) is 0 Å². The summed E-state index contributed by atoms with van der Waals surface area (Å²) in [5.41, 5.74) is -5.98. The van der Waals surface area contributed by atoms with E-state index in [2.05, 4.69) is 0 Å². The van der Waals surface area contributed by atoms with Crippen molar-refractivity contribution in [3.05, 3.63) is 0 Å². The molecule has 1 unspecified atom stereocenters. The van der Waals surface area contributed by atoms with Gasteiger partial charge in [-0.05, 0) is 19.8 Å². The molecule has 1 fully saturated rings. The molecule has 1 atom stereocenters. The third kappa shape index (κ3) is 1.81. The van der Waals surface area contributed by atoms with Crippen LogP contribution in [0.4, 0.5) is 48.3 Å². The van der Waals surface area contributed by atoms with Crippen LogP contribution < -0.4 is 0 Å². The van der Waals surface area contributed by atoms with Crippen molar-refractivity contribution in [2.45, 2.75) is 61.2 Å². The van der Waals surface area contributed by atoms with Gasteiger partial charge < -0.3 is 5.11 Å².